The maximum absolute atomic E-state index is 5.45. The number of nitrogens with one attached hydrogen (secondary N) is 1. The van der Waals surface area contributed by atoms with Crippen molar-refractivity contribution < 1.29 is 4.74 Å². The molecule has 0 aromatic rings. The maximum atomic E-state index is 5.45. The van der Waals surface area contributed by atoms with Gasteiger partial charge in [0.25, 0.3) is 0 Å². The molecule has 0 spiro atoms. The third-order valence-corrected chi connectivity index (χ3v) is 4.50. The molecular weight excluding hydrogens is 236 g/mol. The summed E-state index contributed by atoms with van der Waals surface area (Å²) in [5, 5.41) is 3.74. The highest BCUT2D eigenvalue weighted by atomic mass is 16.5. The Hall–Kier alpha value is -0.120. The lowest BCUT2D eigenvalue weighted by molar-refractivity contribution is 0.0716. The van der Waals surface area contributed by atoms with Crippen LogP contribution in [0.15, 0.2) is 0 Å². The second kappa shape index (κ2) is 8.23. The van der Waals surface area contributed by atoms with Gasteiger partial charge in [-0.15, -0.1) is 0 Å². The summed E-state index contributed by atoms with van der Waals surface area (Å²) in [6, 6.07) is 0.654. The first-order valence-corrected chi connectivity index (χ1v) is 8.01. The van der Waals surface area contributed by atoms with E-state index in [1.165, 1.54) is 25.8 Å². The molecule has 2 atom stereocenters. The molecule has 3 heteroatoms. The van der Waals surface area contributed by atoms with Gasteiger partial charge in [-0.2, -0.15) is 0 Å². The molecule has 1 aliphatic rings. The van der Waals surface area contributed by atoms with Gasteiger partial charge in [0.15, 0.2) is 0 Å². The van der Waals surface area contributed by atoms with E-state index in [2.05, 4.69) is 45.0 Å². The maximum Gasteiger partial charge on any atom is 0.0593 e. The Morgan fingerprint density at radius 1 is 1.32 bits per heavy atom. The zero-order valence-corrected chi connectivity index (χ0v) is 13.7. The van der Waals surface area contributed by atoms with Crippen LogP contribution in [0.2, 0.25) is 0 Å². The first-order valence-electron chi connectivity index (χ1n) is 8.01. The molecule has 1 rings (SSSR count). The molecule has 1 N–H and O–H groups in total. The SMILES string of the molecule is CCNC1C(CN(C)CCOCC)CCCC1(C)C. The second-order valence-corrected chi connectivity index (χ2v) is 6.64. The van der Waals surface area contributed by atoms with E-state index in [1.54, 1.807) is 0 Å². The molecule has 0 aromatic heterocycles. The van der Waals surface area contributed by atoms with Crippen molar-refractivity contribution in [3.8, 4) is 0 Å². The van der Waals surface area contributed by atoms with E-state index in [-0.39, 0.29) is 0 Å². The summed E-state index contributed by atoms with van der Waals surface area (Å²) in [7, 11) is 2.23. The highest BCUT2D eigenvalue weighted by Crippen LogP contribution is 2.39. The number of rotatable bonds is 8. The van der Waals surface area contributed by atoms with Crippen LogP contribution < -0.4 is 5.32 Å². The van der Waals surface area contributed by atoms with Gasteiger partial charge < -0.3 is 15.0 Å². The molecule has 1 aliphatic carbocycles. The van der Waals surface area contributed by atoms with Crippen molar-refractivity contribution in [2.75, 3.05) is 39.9 Å². The average Bonchev–Trinajstić information content (AvgIpc) is 2.33. The molecule has 0 bridgehead atoms. The number of nitrogens with zero attached hydrogens (tertiary/aromatic N) is 1. The van der Waals surface area contributed by atoms with Crippen LogP contribution >= 0.6 is 0 Å². The molecule has 0 aromatic carbocycles. The van der Waals surface area contributed by atoms with Gasteiger partial charge in [-0.1, -0.05) is 27.2 Å². The predicted molar refractivity (Wildman–Crippen MR) is 82.6 cm³/mol. The number of hydrogen-bond donors (Lipinski definition) is 1. The van der Waals surface area contributed by atoms with Crippen molar-refractivity contribution in [2.24, 2.45) is 11.3 Å². The molecule has 0 amide bonds. The smallest absolute Gasteiger partial charge is 0.0593 e. The van der Waals surface area contributed by atoms with Gasteiger partial charge in [0.05, 0.1) is 6.61 Å². The largest absolute Gasteiger partial charge is 0.380 e. The molecule has 0 saturated heterocycles. The quantitative estimate of drug-likeness (QED) is 0.686. The molecule has 0 radical (unpaired) electrons. The van der Waals surface area contributed by atoms with Gasteiger partial charge in [-0.3, -0.25) is 0 Å². The first kappa shape index (κ1) is 16.9. The Kier molecular flexibility index (Phi) is 7.33. The van der Waals surface area contributed by atoms with Crippen LogP contribution in [-0.2, 0) is 4.74 Å². The molecule has 19 heavy (non-hydrogen) atoms. The standard InChI is InChI=1S/C16H34N2O/c1-6-17-15-14(9-8-10-16(15,3)4)13-18(5)11-12-19-7-2/h14-15,17H,6-13H2,1-5H3. The fourth-order valence-corrected chi connectivity index (χ4v) is 3.50. The Balaban J connectivity index is 2.48. The topological polar surface area (TPSA) is 24.5 Å². The van der Waals surface area contributed by atoms with Gasteiger partial charge in [0.1, 0.15) is 0 Å². The van der Waals surface area contributed by atoms with E-state index < -0.39 is 0 Å². The van der Waals surface area contributed by atoms with E-state index in [1.807, 2.05) is 0 Å². The summed E-state index contributed by atoms with van der Waals surface area (Å²) >= 11 is 0. The Morgan fingerprint density at radius 2 is 2.05 bits per heavy atom. The molecule has 1 saturated carbocycles. The van der Waals surface area contributed by atoms with Crippen LogP contribution in [0.4, 0.5) is 0 Å². The summed E-state index contributed by atoms with van der Waals surface area (Å²) in [6.45, 7) is 14.1. The lowest BCUT2D eigenvalue weighted by Gasteiger charge is -2.45. The summed E-state index contributed by atoms with van der Waals surface area (Å²) < 4.78 is 5.45. The van der Waals surface area contributed by atoms with E-state index in [0.717, 1.165) is 32.2 Å². The van der Waals surface area contributed by atoms with Crippen LogP contribution in [0.3, 0.4) is 0 Å². The van der Waals surface area contributed by atoms with Crippen LogP contribution in [0.1, 0.15) is 47.0 Å². The minimum Gasteiger partial charge on any atom is -0.380 e. The lowest BCUT2D eigenvalue weighted by Crippen LogP contribution is -2.52. The van der Waals surface area contributed by atoms with Crippen LogP contribution in [0, 0.1) is 11.3 Å². The van der Waals surface area contributed by atoms with E-state index >= 15 is 0 Å². The summed E-state index contributed by atoms with van der Waals surface area (Å²) in [5.41, 5.74) is 0.430. The normalized spacial score (nSPS) is 26.8. The molecule has 0 aliphatic heterocycles. The predicted octanol–water partition coefficient (Wildman–Crippen LogP) is 2.76. The fraction of sp³-hybridized carbons (Fsp3) is 1.00. The van der Waals surface area contributed by atoms with Crippen molar-refractivity contribution in [3.05, 3.63) is 0 Å². The minimum absolute atomic E-state index is 0.430. The molecule has 2 unspecified atom stereocenters. The minimum atomic E-state index is 0.430. The van der Waals surface area contributed by atoms with Gasteiger partial charge in [-0.05, 0) is 44.7 Å². The zero-order valence-electron chi connectivity index (χ0n) is 13.7. The van der Waals surface area contributed by atoms with Crippen LogP contribution in [-0.4, -0.2) is 50.8 Å². The monoisotopic (exact) mass is 270 g/mol. The highest BCUT2D eigenvalue weighted by molar-refractivity contribution is 4.94. The van der Waals surface area contributed by atoms with Gasteiger partial charge in [0, 0.05) is 25.7 Å². The third-order valence-electron chi connectivity index (χ3n) is 4.50. The van der Waals surface area contributed by atoms with E-state index in [4.69, 9.17) is 4.74 Å². The van der Waals surface area contributed by atoms with Crippen LogP contribution in [0.25, 0.3) is 0 Å². The zero-order chi connectivity index (χ0) is 14.3. The molecule has 1 fully saturated rings. The molecule has 3 nitrogen and oxygen atoms in total. The summed E-state index contributed by atoms with van der Waals surface area (Å²) in [5.74, 6) is 0.773. The fourth-order valence-electron chi connectivity index (χ4n) is 3.50. The van der Waals surface area contributed by atoms with Crippen LogP contribution in [0.5, 0.6) is 0 Å². The summed E-state index contributed by atoms with van der Waals surface area (Å²) in [6.07, 6.45) is 4.09. The van der Waals surface area contributed by atoms with Crippen molar-refractivity contribution >= 4 is 0 Å². The number of hydrogen-bond acceptors (Lipinski definition) is 3. The first-order chi connectivity index (χ1) is 9.01. The average molecular weight is 270 g/mol. The molecular formula is C16H34N2O. The second-order valence-electron chi connectivity index (χ2n) is 6.64. The molecule has 114 valence electrons. The number of ether oxygens (including phenoxy) is 1. The number of likely N-dealkylation sites (N-methyl/N-ethyl adjacent to an activating group) is 1. The highest BCUT2D eigenvalue weighted by Gasteiger charge is 2.38. The van der Waals surface area contributed by atoms with Gasteiger partial charge in [0.2, 0.25) is 0 Å². The van der Waals surface area contributed by atoms with Gasteiger partial charge in [-0.25, -0.2) is 0 Å². The van der Waals surface area contributed by atoms with E-state index in [0.29, 0.717) is 11.5 Å². The van der Waals surface area contributed by atoms with Crippen molar-refractivity contribution in [1.82, 2.24) is 10.2 Å². The Labute approximate surface area is 120 Å². The molecule has 0 heterocycles. The lowest BCUT2D eigenvalue weighted by atomic mass is 9.67. The van der Waals surface area contributed by atoms with Gasteiger partial charge >= 0.3 is 0 Å². The van der Waals surface area contributed by atoms with E-state index in [9.17, 15) is 0 Å². The van der Waals surface area contributed by atoms with Crippen molar-refractivity contribution in [1.29, 1.82) is 0 Å². The van der Waals surface area contributed by atoms with Crippen molar-refractivity contribution in [2.45, 2.75) is 53.0 Å². The summed E-state index contributed by atoms with van der Waals surface area (Å²) in [4.78, 5) is 2.44. The third kappa shape index (κ3) is 5.41. The Morgan fingerprint density at radius 3 is 2.68 bits per heavy atom. The van der Waals surface area contributed by atoms with Crippen molar-refractivity contribution in [3.63, 3.8) is 0 Å². The Bertz CT molecular complexity index is 243.